The van der Waals surface area contributed by atoms with Crippen molar-refractivity contribution < 1.29 is 33.0 Å². The molecule has 2 amide bonds. The molecule has 0 aromatic rings. The average Bonchev–Trinajstić information content (AvgIpc) is 2.81. The molecule has 29 heavy (non-hydrogen) atoms. The van der Waals surface area contributed by atoms with Crippen molar-refractivity contribution in [1.82, 2.24) is 14.9 Å². The third kappa shape index (κ3) is 4.94. The van der Waals surface area contributed by atoms with Crippen LogP contribution in [0.25, 0.3) is 0 Å². The first-order valence-corrected chi connectivity index (χ1v) is 10.9. The number of carboxylic acid groups (broad SMARTS) is 1. The molecular formula is C17H28N4O7S. The molecule has 5 atom stereocenters. The van der Waals surface area contributed by atoms with Gasteiger partial charge < -0.3 is 20.4 Å². The molecule has 11 nitrogen and oxygen atoms in total. The Morgan fingerprint density at radius 2 is 1.93 bits per heavy atom. The Kier molecular flexibility index (Phi) is 7.04. The van der Waals surface area contributed by atoms with E-state index in [1.54, 1.807) is 11.6 Å². The minimum Gasteiger partial charge on any atom is -0.477 e. The molecule has 164 valence electrons. The van der Waals surface area contributed by atoms with Crippen molar-refractivity contribution in [3.63, 3.8) is 0 Å². The van der Waals surface area contributed by atoms with Gasteiger partial charge in [-0.25, -0.2) is 14.7 Å². The van der Waals surface area contributed by atoms with Gasteiger partial charge >= 0.3 is 5.97 Å². The number of carbonyl (C=O) groups excluding carboxylic acids is 2. The maximum atomic E-state index is 12.3. The number of carboxylic acids is 1. The van der Waals surface area contributed by atoms with Crippen molar-refractivity contribution in [2.24, 2.45) is 22.9 Å². The summed E-state index contributed by atoms with van der Waals surface area (Å²) in [6.45, 7) is 5.67. The van der Waals surface area contributed by atoms with Crippen LogP contribution in [0.5, 0.6) is 0 Å². The topological polar surface area (TPSA) is 179 Å². The number of aliphatic hydroxyl groups is 1. The van der Waals surface area contributed by atoms with E-state index in [4.69, 9.17) is 5.14 Å². The van der Waals surface area contributed by atoms with Gasteiger partial charge in [0.1, 0.15) is 5.70 Å². The van der Waals surface area contributed by atoms with E-state index < -0.39 is 40.0 Å². The molecule has 2 aliphatic heterocycles. The van der Waals surface area contributed by atoms with Gasteiger partial charge in [-0.15, -0.1) is 0 Å². The SMILES string of the molecule is C[C@@H](CCCNCC1=C(C(=O)O)N2C(=O)[C@H]([C@@H](C)O)[C@H]2[C@H]1C)C(=O)NS(N)(=O)=O. The van der Waals surface area contributed by atoms with E-state index in [0.717, 1.165) is 0 Å². The molecule has 2 heterocycles. The molecule has 0 radical (unpaired) electrons. The lowest BCUT2D eigenvalue weighted by Crippen LogP contribution is -2.63. The Morgan fingerprint density at radius 1 is 1.31 bits per heavy atom. The molecule has 0 saturated carbocycles. The molecule has 1 saturated heterocycles. The Balaban J connectivity index is 1.89. The second-order valence-corrected chi connectivity index (χ2v) is 8.96. The zero-order valence-corrected chi connectivity index (χ0v) is 17.4. The number of hydrogen-bond donors (Lipinski definition) is 5. The monoisotopic (exact) mass is 432 g/mol. The number of β-lactam (4-membered cyclic amide) rings is 1. The molecule has 0 aliphatic carbocycles. The number of rotatable bonds is 10. The van der Waals surface area contributed by atoms with Crippen LogP contribution in [0, 0.1) is 17.8 Å². The molecule has 0 bridgehead atoms. The van der Waals surface area contributed by atoms with Crippen LogP contribution >= 0.6 is 0 Å². The number of nitrogens with one attached hydrogen (secondary N) is 2. The fourth-order valence-corrected chi connectivity index (χ4v) is 4.49. The number of fused-ring (bicyclic) bond motifs is 1. The van der Waals surface area contributed by atoms with E-state index in [1.807, 2.05) is 6.92 Å². The van der Waals surface area contributed by atoms with Crippen LogP contribution in [0.15, 0.2) is 11.3 Å². The van der Waals surface area contributed by atoms with Crippen molar-refractivity contribution in [2.75, 3.05) is 13.1 Å². The standard InChI is InChI=1S/C17H28N4O7S/c1-8(15(23)20-29(18,27)28)5-4-6-19-7-11-9(2)13-12(10(3)22)16(24)21(13)14(11)17(25)26/h8-10,12-13,19,22H,4-7H2,1-3H3,(H,20,23)(H,25,26)(H2,18,27,28)/t8-,9-,10+,12+,13+/m0/s1. The highest BCUT2D eigenvalue weighted by Gasteiger charge is 2.59. The number of nitrogens with zero attached hydrogens (tertiary/aromatic N) is 1. The lowest BCUT2D eigenvalue weighted by molar-refractivity contribution is -0.163. The van der Waals surface area contributed by atoms with E-state index in [1.165, 1.54) is 11.8 Å². The molecule has 0 spiro atoms. The predicted octanol–water partition coefficient (Wildman–Crippen LogP) is -1.49. The van der Waals surface area contributed by atoms with Crippen molar-refractivity contribution in [2.45, 2.75) is 45.8 Å². The van der Waals surface area contributed by atoms with Gasteiger partial charge in [0.05, 0.1) is 18.1 Å². The first-order valence-electron chi connectivity index (χ1n) is 9.39. The summed E-state index contributed by atoms with van der Waals surface area (Å²) < 4.78 is 23.5. The summed E-state index contributed by atoms with van der Waals surface area (Å²) in [6.07, 6.45) is 0.107. The Bertz CT molecular complexity index is 824. The zero-order chi connectivity index (χ0) is 22.1. The third-order valence-electron chi connectivity index (χ3n) is 5.51. The van der Waals surface area contributed by atoms with Crippen LogP contribution in [0.3, 0.4) is 0 Å². The highest BCUT2D eigenvalue weighted by Crippen LogP contribution is 2.46. The fourth-order valence-electron chi connectivity index (χ4n) is 4.01. The first kappa shape index (κ1) is 23.3. The van der Waals surface area contributed by atoms with Crippen molar-refractivity contribution in [3.8, 4) is 0 Å². The number of aliphatic carboxylic acids is 1. The molecule has 2 rings (SSSR count). The molecular weight excluding hydrogens is 404 g/mol. The second-order valence-electron chi connectivity index (χ2n) is 7.66. The lowest BCUT2D eigenvalue weighted by Gasteiger charge is -2.46. The molecule has 1 fully saturated rings. The van der Waals surface area contributed by atoms with Crippen LogP contribution in [0.2, 0.25) is 0 Å². The maximum absolute atomic E-state index is 12.3. The fraction of sp³-hybridized carbons (Fsp3) is 0.706. The number of amides is 2. The van der Waals surface area contributed by atoms with E-state index in [2.05, 4.69) is 5.32 Å². The van der Waals surface area contributed by atoms with Gasteiger partial charge in [0.25, 0.3) is 10.2 Å². The maximum Gasteiger partial charge on any atom is 0.352 e. The molecule has 6 N–H and O–H groups in total. The number of carbonyl (C=O) groups is 3. The van der Waals surface area contributed by atoms with E-state index >= 15 is 0 Å². The lowest BCUT2D eigenvalue weighted by atomic mass is 9.78. The van der Waals surface area contributed by atoms with E-state index in [9.17, 15) is 33.0 Å². The van der Waals surface area contributed by atoms with Crippen molar-refractivity contribution in [3.05, 3.63) is 11.3 Å². The Morgan fingerprint density at radius 3 is 2.45 bits per heavy atom. The van der Waals surface area contributed by atoms with E-state index in [-0.39, 0.29) is 30.1 Å². The van der Waals surface area contributed by atoms with Crippen LogP contribution in [0.1, 0.15) is 33.6 Å². The molecule has 2 aliphatic rings. The van der Waals surface area contributed by atoms with Crippen molar-refractivity contribution >= 4 is 28.0 Å². The predicted molar refractivity (Wildman–Crippen MR) is 102 cm³/mol. The van der Waals surface area contributed by atoms with Gasteiger partial charge in [-0.2, -0.15) is 8.42 Å². The van der Waals surface area contributed by atoms with Crippen molar-refractivity contribution in [1.29, 1.82) is 0 Å². The Hall–Kier alpha value is -2.02. The molecule has 0 unspecified atom stereocenters. The van der Waals surface area contributed by atoms with Gasteiger partial charge in [0.2, 0.25) is 11.8 Å². The van der Waals surface area contributed by atoms with Crippen LogP contribution in [-0.2, 0) is 24.6 Å². The third-order valence-corrected chi connectivity index (χ3v) is 6.00. The van der Waals surface area contributed by atoms with Gasteiger partial charge in [-0.05, 0) is 31.9 Å². The average molecular weight is 432 g/mol. The van der Waals surface area contributed by atoms with E-state index in [0.29, 0.717) is 25.0 Å². The summed E-state index contributed by atoms with van der Waals surface area (Å²) in [4.78, 5) is 36.9. The first-order chi connectivity index (χ1) is 13.4. The minimum absolute atomic E-state index is 0.0298. The number of aliphatic hydroxyl groups excluding tert-OH is 1. The minimum atomic E-state index is -4.08. The second kappa shape index (κ2) is 8.78. The summed E-state index contributed by atoms with van der Waals surface area (Å²) in [7, 11) is -4.08. The normalized spacial score (nSPS) is 26.0. The molecule has 0 aromatic heterocycles. The summed E-state index contributed by atoms with van der Waals surface area (Å²) in [5.74, 6) is -3.60. The highest BCUT2D eigenvalue weighted by atomic mass is 32.2. The van der Waals surface area contributed by atoms with Crippen LogP contribution < -0.4 is 15.2 Å². The smallest absolute Gasteiger partial charge is 0.352 e. The molecule has 0 aromatic carbocycles. The van der Waals surface area contributed by atoms with Crippen LogP contribution in [-0.4, -0.2) is 66.5 Å². The number of nitrogens with two attached hydrogens (primary N) is 1. The van der Waals surface area contributed by atoms with Gasteiger partial charge in [0, 0.05) is 18.4 Å². The Labute approximate surface area is 169 Å². The van der Waals surface area contributed by atoms with Gasteiger partial charge in [-0.3, -0.25) is 9.59 Å². The number of hydrogen-bond acceptors (Lipinski definition) is 7. The largest absolute Gasteiger partial charge is 0.477 e. The summed E-state index contributed by atoms with van der Waals surface area (Å²) in [6, 6.07) is -0.354. The van der Waals surface area contributed by atoms with Crippen LogP contribution in [0.4, 0.5) is 0 Å². The van der Waals surface area contributed by atoms with Gasteiger partial charge in [-0.1, -0.05) is 13.8 Å². The highest BCUT2D eigenvalue weighted by molar-refractivity contribution is 7.87. The molecule has 12 heteroatoms. The summed E-state index contributed by atoms with van der Waals surface area (Å²) in [5, 5.41) is 27.3. The summed E-state index contributed by atoms with van der Waals surface area (Å²) >= 11 is 0. The van der Waals surface area contributed by atoms with Gasteiger partial charge in [0.15, 0.2) is 0 Å². The zero-order valence-electron chi connectivity index (χ0n) is 16.6. The summed E-state index contributed by atoms with van der Waals surface area (Å²) in [5.41, 5.74) is 0.566. The quantitative estimate of drug-likeness (QED) is 0.204.